The Morgan fingerprint density at radius 3 is 2.09 bits per heavy atom. The lowest BCUT2D eigenvalue weighted by Gasteiger charge is -2.14. The maximum atomic E-state index is 5.65. The Balaban J connectivity index is 3.35. The SMILES string of the molecule is CCCC(CN)CCC(C)C. The number of hydrogen-bond donors (Lipinski definition) is 1. The molecule has 1 unspecified atom stereocenters. The summed E-state index contributed by atoms with van der Waals surface area (Å²) in [4.78, 5) is 0. The topological polar surface area (TPSA) is 26.0 Å². The Labute approximate surface area is 71.4 Å². The maximum absolute atomic E-state index is 5.65. The lowest BCUT2D eigenvalue weighted by atomic mass is 9.94. The third-order valence-corrected chi connectivity index (χ3v) is 2.18. The van der Waals surface area contributed by atoms with Gasteiger partial charge in [-0.25, -0.2) is 0 Å². The molecule has 0 radical (unpaired) electrons. The van der Waals surface area contributed by atoms with Gasteiger partial charge in [-0.2, -0.15) is 0 Å². The van der Waals surface area contributed by atoms with E-state index in [-0.39, 0.29) is 0 Å². The van der Waals surface area contributed by atoms with Crippen molar-refractivity contribution in [2.75, 3.05) is 6.54 Å². The highest BCUT2D eigenvalue weighted by Gasteiger charge is 2.05. The van der Waals surface area contributed by atoms with Crippen molar-refractivity contribution in [2.45, 2.75) is 46.5 Å². The Bertz CT molecular complexity index is 78.9. The average Bonchev–Trinajstić information content (AvgIpc) is 1.97. The summed E-state index contributed by atoms with van der Waals surface area (Å²) in [5.41, 5.74) is 5.65. The minimum absolute atomic E-state index is 0.780. The van der Waals surface area contributed by atoms with Crippen molar-refractivity contribution in [3.05, 3.63) is 0 Å². The summed E-state index contributed by atoms with van der Waals surface area (Å²) >= 11 is 0. The fourth-order valence-corrected chi connectivity index (χ4v) is 1.36. The van der Waals surface area contributed by atoms with Gasteiger partial charge in [0.2, 0.25) is 0 Å². The van der Waals surface area contributed by atoms with Crippen LogP contribution in [0.3, 0.4) is 0 Å². The van der Waals surface area contributed by atoms with E-state index in [4.69, 9.17) is 5.73 Å². The highest BCUT2D eigenvalue weighted by molar-refractivity contribution is 4.60. The summed E-state index contributed by atoms with van der Waals surface area (Å²) in [5, 5.41) is 0. The highest BCUT2D eigenvalue weighted by Crippen LogP contribution is 2.15. The summed E-state index contributed by atoms with van der Waals surface area (Å²) in [6.07, 6.45) is 5.24. The molecule has 0 aliphatic rings. The molecule has 0 heterocycles. The molecule has 11 heavy (non-hydrogen) atoms. The first-order valence-electron chi connectivity index (χ1n) is 4.90. The largest absolute Gasteiger partial charge is 0.330 e. The van der Waals surface area contributed by atoms with Crippen LogP contribution in [0.4, 0.5) is 0 Å². The molecule has 0 aromatic carbocycles. The molecule has 0 amide bonds. The molecule has 0 rings (SSSR count). The predicted molar refractivity (Wildman–Crippen MR) is 51.5 cm³/mol. The van der Waals surface area contributed by atoms with Gasteiger partial charge in [0.1, 0.15) is 0 Å². The molecule has 0 aromatic rings. The first kappa shape index (κ1) is 11.0. The molecule has 0 aliphatic heterocycles. The first-order chi connectivity index (χ1) is 5.20. The van der Waals surface area contributed by atoms with E-state index >= 15 is 0 Å². The van der Waals surface area contributed by atoms with E-state index in [0.717, 1.165) is 18.4 Å². The van der Waals surface area contributed by atoms with Crippen molar-refractivity contribution in [1.82, 2.24) is 0 Å². The van der Waals surface area contributed by atoms with Crippen LogP contribution >= 0.6 is 0 Å². The quantitative estimate of drug-likeness (QED) is 0.630. The summed E-state index contributed by atoms with van der Waals surface area (Å²) in [6.45, 7) is 7.66. The van der Waals surface area contributed by atoms with Crippen LogP contribution in [-0.2, 0) is 0 Å². The van der Waals surface area contributed by atoms with E-state index in [1.54, 1.807) is 0 Å². The Kier molecular flexibility index (Phi) is 6.63. The van der Waals surface area contributed by atoms with E-state index in [1.165, 1.54) is 25.7 Å². The van der Waals surface area contributed by atoms with Crippen LogP contribution in [0.15, 0.2) is 0 Å². The molecule has 0 spiro atoms. The van der Waals surface area contributed by atoms with Crippen LogP contribution in [0.1, 0.15) is 46.5 Å². The third kappa shape index (κ3) is 6.36. The summed E-state index contributed by atoms with van der Waals surface area (Å²) in [6, 6.07) is 0. The van der Waals surface area contributed by atoms with E-state index in [9.17, 15) is 0 Å². The van der Waals surface area contributed by atoms with Gasteiger partial charge in [-0.3, -0.25) is 0 Å². The van der Waals surface area contributed by atoms with Gasteiger partial charge in [-0.05, 0) is 31.2 Å². The molecule has 1 atom stereocenters. The van der Waals surface area contributed by atoms with Gasteiger partial charge in [0, 0.05) is 0 Å². The second kappa shape index (κ2) is 6.66. The summed E-state index contributed by atoms with van der Waals surface area (Å²) in [5.74, 6) is 1.61. The first-order valence-corrected chi connectivity index (χ1v) is 4.90. The van der Waals surface area contributed by atoms with Crippen LogP contribution < -0.4 is 5.73 Å². The van der Waals surface area contributed by atoms with Crippen LogP contribution in [0.5, 0.6) is 0 Å². The monoisotopic (exact) mass is 157 g/mol. The second-order valence-electron chi connectivity index (χ2n) is 3.86. The summed E-state index contributed by atoms with van der Waals surface area (Å²) in [7, 11) is 0. The van der Waals surface area contributed by atoms with Gasteiger partial charge < -0.3 is 5.73 Å². The molecule has 68 valence electrons. The minimum atomic E-state index is 0.780. The van der Waals surface area contributed by atoms with Gasteiger partial charge in [0.15, 0.2) is 0 Å². The van der Waals surface area contributed by atoms with Crippen molar-refractivity contribution >= 4 is 0 Å². The van der Waals surface area contributed by atoms with E-state index < -0.39 is 0 Å². The van der Waals surface area contributed by atoms with E-state index in [1.807, 2.05) is 0 Å². The zero-order valence-corrected chi connectivity index (χ0v) is 8.27. The molecule has 1 heteroatoms. The fourth-order valence-electron chi connectivity index (χ4n) is 1.36. The molecule has 0 fully saturated rings. The predicted octanol–water partition coefficient (Wildman–Crippen LogP) is 2.80. The van der Waals surface area contributed by atoms with Gasteiger partial charge in [0.25, 0.3) is 0 Å². The third-order valence-electron chi connectivity index (χ3n) is 2.18. The van der Waals surface area contributed by atoms with Gasteiger partial charge in [-0.1, -0.05) is 33.6 Å². The molecule has 0 bridgehead atoms. The number of nitrogens with two attached hydrogens (primary N) is 1. The average molecular weight is 157 g/mol. The molecule has 0 saturated heterocycles. The molecule has 0 aliphatic carbocycles. The fraction of sp³-hybridized carbons (Fsp3) is 1.00. The Morgan fingerprint density at radius 1 is 1.09 bits per heavy atom. The van der Waals surface area contributed by atoms with Crippen LogP contribution in [0, 0.1) is 11.8 Å². The molecular weight excluding hydrogens is 134 g/mol. The van der Waals surface area contributed by atoms with Crippen molar-refractivity contribution in [3.8, 4) is 0 Å². The van der Waals surface area contributed by atoms with Crippen molar-refractivity contribution in [3.63, 3.8) is 0 Å². The smallest absolute Gasteiger partial charge is 0.00489 e. The van der Waals surface area contributed by atoms with Crippen LogP contribution in [-0.4, -0.2) is 6.54 Å². The highest BCUT2D eigenvalue weighted by atomic mass is 14.5. The van der Waals surface area contributed by atoms with Gasteiger partial charge in [-0.15, -0.1) is 0 Å². The number of hydrogen-bond acceptors (Lipinski definition) is 1. The molecular formula is C10H23N. The second-order valence-corrected chi connectivity index (χ2v) is 3.86. The van der Waals surface area contributed by atoms with Crippen molar-refractivity contribution in [1.29, 1.82) is 0 Å². The van der Waals surface area contributed by atoms with Crippen LogP contribution in [0.25, 0.3) is 0 Å². The normalized spacial score (nSPS) is 13.9. The molecule has 2 N–H and O–H groups in total. The Hall–Kier alpha value is -0.0400. The van der Waals surface area contributed by atoms with Gasteiger partial charge in [0.05, 0.1) is 0 Å². The molecule has 0 aromatic heterocycles. The van der Waals surface area contributed by atoms with Gasteiger partial charge >= 0.3 is 0 Å². The summed E-state index contributed by atoms with van der Waals surface area (Å²) < 4.78 is 0. The number of rotatable bonds is 6. The van der Waals surface area contributed by atoms with E-state index in [0.29, 0.717) is 0 Å². The van der Waals surface area contributed by atoms with Crippen molar-refractivity contribution in [2.24, 2.45) is 17.6 Å². The Morgan fingerprint density at radius 2 is 1.73 bits per heavy atom. The van der Waals surface area contributed by atoms with Crippen LogP contribution in [0.2, 0.25) is 0 Å². The zero-order chi connectivity index (χ0) is 8.69. The maximum Gasteiger partial charge on any atom is -0.00489 e. The van der Waals surface area contributed by atoms with Crippen molar-refractivity contribution < 1.29 is 0 Å². The van der Waals surface area contributed by atoms with E-state index in [2.05, 4.69) is 20.8 Å². The molecule has 1 nitrogen and oxygen atoms in total. The lowest BCUT2D eigenvalue weighted by Crippen LogP contribution is -2.14. The molecule has 0 saturated carbocycles. The minimum Gasteiger partial charge on any atom is -0.330 e. The standard InChI is InChI=1S/C10H23N/c1-4-5-10(8-11)7-6-9(2)3/h9-10H,4-8,11H2,1-3H3. The lowest BCUT2D eigenvalue weighted by molar-refractivity contribution is 0.405. The zero-order valence-electron chi connectivity index (χ0n) is 8.27.